The van der Waals surface area contributed by atoms with Gasteiger partial charge in [0.15, 0.2) is 0 Å². The van der Waals surface area contributed by atoms with Crippen molar-refractivity contribution in [3.05, 3.63) is 60.2 Å². The Kier molecular flexibility index (Phi) is 7.28. The summed E-state index contributed by atoms with van der Waals surface area (Å²) in [5.41, 5.74) is 1.15. The van der Waals surface area contributed by atoms with Crippen LogP contribution in [0.5, 0.6) is 5.75 Å². The van der Waals surface area contributed by atoms with Crippen LogP contribution >= 0.6 is 0 Å². The van der Waals surface area contributed by atoms with Gasteiger partial charge in [-0.2, -0.15) is 8.78 Å². The van der Waals surface area contributed by atoms with Crippen molar-refractivity contribution in [2.75, 3.05) is 5.32 Å². The number of carbonyl (C=O) groups is 2. The molecule has 2 rings (SSSR count). The molecular weight excluding hydrogens is 354 g/mol. The summed E-state index contributed by atoms with van der Waals surface area (Å²) in [6.07, 6.45) is 0.162. The molecule has 0 fully saturated rings. The molecule has 0 aliphatic heterocycles. The van der Waals surface area contributed by atoms with Crippen molar-refractivity contribution in [1.82, 2.24) is 5.32 Å². The number of hydrogen-bond acceptors (Lipinski definition) is 3. The van der Waals surface area contributed by atoms with Crippen molar-refractivity contribution in [3.8, 4) is 5.75 Å². The van der Waals surface area contributed by atoms with E-state index in [0.29, 0.717) is 5.69 Å². The summed E-state index contributed by atoms with van der Waals surface area (Å²) in [5, 5.41) is 5.36. The molecule has 0 bridgehead atoms. The Hall–Kier alpha value is -2.96. The van der Waals surface area contributed by atoms with E-state index in [-0.39, 0.29) is 24.0 Å². The minimum absolute atomic E-state index is 0.0583. The highest BCUT2D eigenvalue weighted by Gasteiger charge is 2.24. The standard InChI is InChI=1S/C20H22F2N2O3/c1-13(2)18(24-17(25)11-14-7-4-3-5-8-14)19(26)23-15-9-6-10-16(12-15)27-20(21)22/h3-10,12-13,18,20H,11H2,1-2H3,(H,23,26)(H,24,25). The summed E-state index contributed by atoms with van der Waals surface area (Å²) in [6, 6.07) is 14.1. The fraction of sp³-hybridized carbons (Fsp3) is 0.300. The molecular formula is C20H22F2N2O3. The molecule has 0 aromatic heterocycles. The fourth-order valence-electron chi connectivity index (χ4n) is 2.51. The van der Waals surface area contributed by atoms with Crippen LogP contribution in [0.1, 0.15) is 19.4 Å². The molecule has 5 nitrogen and oxygen atoms in total. The topological polar surface area (TPSA) is 67.4 Å². The van der Waals surface area contributed by atoms with E-state index in [9.17, 15) is 18.4 Å². The Morgan fingerprint density at radius 3 is 2.37 bits per heavy atom. The molecule has 2 aromatic carbocycles. The smallest absolute Gasteiger partial charge is 0.387 e. The van der Waals surface area contributed by atoms with Gasteiger partial charge in [-0.3, -0.25) is 9.59 Å². The maximum atomic E-state index is 12.6. The van der Waals surface area contributed by atoms with Crippen molar-refractivity contribution >= 4 is 17.5 Å². The number of ether oxygens (including phenoxy) is 1. The van der Waals surface area contributed by atoms with Gasteiger partial charge in [0.05, 0.1) is 6.42 Å². The van der Waals surface area contributed by atoms with Crippen molar-refractivity contribution in [2.24, 2.45) is 5.92 Å². The molecule has 0 aliphatic carbocycles. The average molecular weight is 376 g/mol. The Morgan fingerprint density at radius 1 is 1.04 bits per heavy atom. The van der Waals surface area contributed by atoms with Crippen LogP contribution in [0.25, 0.3) is 0 Å². The van der Waals surface area contributed by atoms with Gasteiger partial charge in [0.2, 0.25) is 11.8 Å². The summed E-state index contributed by atoms with van der Waals surface area (Å²) in [7, 11) is 0. The molecule has 0 aliphatic rings. The van der Waals surface area contributed by atoms with Gasteiger partial charge < -0.3 is 15.4 Å². The first-order valence-electron chi connectivity index (χ1n) is 8.54. The minimum Gasteiger partial charge on any atom is -0.435 e. The van der Waals surface area contributed by atoms with E-state index >= 15 is 0 Å². The lowest BCUT2D eigenvalue weighted by atomic mass is 10.0. The van der Waals surface area contributed by atoms with Crippen LogP contribution in [-0.4, -0.2) is 24.5 Å². The number of carbonyl (C=O) groups excluding carboxylic acids is 2. The average Bonchev–Trinajstić information content (AvgIpc) is 2.60. The molecule has 0 saturated heterocycles. The van der Waals surface area contributed by atoms with Gasteiger partial charge in [0.25, 0.3) is 0 Å². The number of anilines is 1. The van der Waals surface area contributed by atoms with Crippen LogP contribution in [0.3, 0.4) is 0 Å². The van der Waals surface area contributed by atoms with Crippen LogP contribution in [-0.2, 0) is 16.0 Å². The Labute approximate surface area is 156 Å². The highest BCUT2D eigenvalue weighted by molar-refractivity contribution is 5.97. The lowest BCUT2D eigenvalue weighted by Crippen LogP contribution is -2.47. The molecule has 1 atom stereocenters. The van der Waals surface area contributed by atoms with Gasteiger partial charge in [-0.1, -0.05) is 50.2 Å². The zero-order valence-electron chi connectivity index (χ0n) is 15.1. The second kappa shape index (κ2) is 9.66. The first-order valence-corrected chi connectivity index (χ1v) is 8.54. The summed E-state index contributed by atoms with van der Waals surface area (Å²) < 4.78 is 28.9. The van der Waals surface area contributed by atoms with Gasteiger partial charge in [-0.25, -0.2) is 0 Å². The predicted octanol–water partition coefficient (Wildman–Crippen LogP) is 3.61. The molecule has 0 heterocycles. The van der Waals surface area contributed by atoms with Crippen molar-refractivity contribution in [1.29, 1.82) is 0 Å². The van der Waals surface area contributed by atoms with Crippen LogP contribution in [0.15, 0.2) is 54.6 Å². The first kappa shape index (κ1) is 20.4. The second-order valence-electron chi connectivity index (χ2n) is 6.35. The normalized spacial score (nSPS) is 11.9. The molecule has 7 heteroatoms. The maximum absolute atomic E-state index is 12.6. The van der Waals surface area contributed by atoms with E-state index in [1.165, 1.54) is 18.2 Å². The van der Waals surface area contributed by atoms with E-state index in [1.54, 1.807) is 6.07 Å². The number of amides is 2. The Balaban J connectivity index is 2.01. The monoisotopic (exact) mass is 376 g/mol. The summed E-state index contributed by atoms with van der Waals surface area (Å²) in [4.78, 5) is 24.8. The van der Waals surface area contributed by atoms with Gasteiger partial charge in [0, 0.05) is 11.8 Å². The lowest BCUT2D eigenvalue weighted by molar-refractivity contribution is -0.127. The van der Waals surface area contributed by atoms with Gasteiger partial charge in [0.1, 0.15) is 11.8 Å². The largest absolute Gasteiger partial charge is 0.435 e. The van der Waals surface area contributed by atoms with Crippen LogP contribution in [0, 0.1) is 5.92 Å². The van der Waals surface area contributed by atoms with Gasteiger partial charge in [-0.15, -0.1) is 0 Å². The number of rotatable bonds is 8. The molecule has 2 amide bonds. The third-order valence-corrected chi connectivity index (χ3v) is 3.80. The van der Waals surface area contributed by atoms with Crippen LogP contribution < -0.4 is 15.4 Å². The lowest BCUT2D eigenvalue weighted by Gasteiger charge is -2.22. The van der Waals surface area contributed by atoms with E-state index in [2.05, 4.69) is 15.4 Å². The maximum Gasteiger partial charge on any atom is 0.387 e. The SMILES string of the molecule is CC(C)C(NC(=O)Cc1ccccc1)C(=O)Nc1cccc(OC(F)F)c1. The van der Waals surface area contributed by atoms with Crippen molar-refractivity contribution in [3.63, 3.8) is 0 Å². The molecule has 0 radical (unpaired) electrons. The zero-order valence-corrected chi connectivity index (χ0v) is 15.1. The molecule has 0 spiro atoms. The number of hydrogen-bond donors (Lipinski definition) is 2. The van der Waals surface area contributed by atoms with E-state index < -0.39 is 18.6 Å². The molecule has 2 aromatic rings. The quantitative estimate of drug-likeness (QED) is 0.740. The molecule has 1 unspecified atom stereocenters. The highest BCUT2D eigenvalue weighted by Crippen LogP contribution is 2.20. The van der Waals surface area contributed by atoms with E-state index in [4.69, 9.17) is 0 Å². The Morgan fingerprint density at radius 2 is 1.74 bits per heavy atom. The molecule has 144 valence electrons. The van der Waals surface area contributed by atoms with E-state index in [1.807, 2.05) is 44.2 Å². The summed E-state index contributed by atoms with van der Waals surface area (Å²) in [5.74, 6) is -0.923. The molecule has 2 N–H and O–H groups in total. The van der Waals surface area contributed by atoms with Crippen molar-refractivity contribution in [2.45, 2.75) is 32.9 Å². The summed E-state index contributed by atoms with van der Waals surface area (Å²) >= 11 is 0. The minimum atomic E-state index is -2.95. The third-order valence-electron chi connectivity index (χ3n) is 3.80. The first-order chi connectivity index (χ1) is 12.8. The number of benzene rings is 2. The third kappa shape index (κ3) is 6.69. The molecule has 0 saturated carbocycles. The predicted molar refractivity (Wildman–Crippen MR) is 98.6 cm³/mol. The van der Waals surface area contributed by atoms with Gasteiger partial charge >= 0.3 is 6.61 Å². The number of halogens is 2. The fourth-order valence-corrected chi connectivity index (χ4v) is 2.51. The second-order valence-corrected chi connectivity index (χ2v) is 6.35. The van der Waals surface area contributed by atoms with E-state index in [0.717, 1.165) is 5.56 Å². The van der Waals surface area contributed by atoms with Crippen LogP contribution in [0.4, 0.5) is 14.5 Å². The zero-order chi connectivity index (χ0) is 19.8. The van der Waals surface area contributed by atoms with Crippen molar-refractivity contribution < 1.29 is 23.1 Å². The molecule has 27 heavy (non-hydrogen) atoms. The summed E-state index contributed by atoms with van der Waals surface area (Å²) in [6.45, 7) is 0.670. The Bertz CT molecular complexity index is 767. The highest BCUT2D eigenvalue weighted by atomic mass is 19.3. The van der Waals surface area contributed by atoms with Crippen LogP contribution in [0.2, 0.25) is 0 Å². The number of nitrogens with one attached hydrogen (secondary N) is 2. The number of alkyl halides is 2. The van der Waals surface area contributed by atoms with Gasteiger partial charge in [-0.05, 0) is 23.6 Å².